The number of ketones is 1. The third-order valence-corrected chi connectivity index (χ3v) is 7.96. The molecule has 1 saturated carbocycles. The van der Waals surface area contributed by atoms with Gasteiger partial charge in [-0.3, -0.25) is 4.79 Å². The van der Waals surface area contributed by atoms with Crippen molar-refractivity contribution >= 4 is 21.7 Å². The molecule has 1 aromatic heterocycles. The van der Waals surface area contributed by atoms with E-state index >= 15 is 0 Å². The predicted octanol–water partition coefficient (Wildman–Crippen LogP) is 6.01. The molecule has 2 aromatic carbocycles. The SMILES string of the molecule is C[C@H]1C(=O)C(C#N)C[C@@]2(C)c3c(c(-c4ccccc4F)nn3-c3ccc(Br)cc3)CC[C@H]12. The third-order valence-electron chi connectivity index (χ3n) is 7.43. The van der Waals surface area contributed by atoms with Gasteiger partial charge in [-0.2, -0.15) is 10.4 Å². The number of Topliss-reactive ketones (excluding diaryl/α,β-unsaturated/α-hetero) is 1. The molecule has 5 rings (SSSR count). The Kier molecular flexibility index (Phi) is 5.05. The highest BCUT2D eigenvalue weighted by Gasteiger charge is 2.54. The van der Waals surface area contributed by atoms with Crippen LogP contribution in [0.4, 0.5) is 4.39 Å². The van der Waals surface area contributed by atoms with E-state index < -0.39 is 11.3 Å². The highest BCUT2D eigenvalue weighted by molar-refractivity contribution is 9.10. The van der Waals surface area contributed by atoms with Crippen molar-refractivity contribution < 1.29 is 9.18 Å². The molecule has 0 bridgehead atoms. The van der Waals surface area contributed by atoms with Gasteiger partial charge in [-0.05, 0) is 61.6 Å². The number of halogens is 2. The smallest absolute Gasteiger partial charge is 0.153 e. The van der Waals surface area contributed by atoms with Crippen molar-refractivity contribution in [1.29, 1.82) is 5.26 Å². The molecule has 0 radical (unpaired) electrons. The van der Waals surface area contributed by atoms with Crippen molar-refractivity contribution in [1.82, 2.24) is 9.78 Å². The molecule has 6 heteroatoms. The molecule has 0 spiro atoms. The Morgan fingerprint density at radius 1 is 1.22 bits per heavy atom. The first-order valence-electron chi connectivity index (χ1n) is 10.9. The topological polar surface area (TPSA) is 58.7 Å². The number of hydrogen-bond acceptors (Lipinski definition) is 3. The van der Waals surface area contributed by atoms with Crippen LogP contribution in [0.5, 0.6) is 0 Å². The molecule has 32 heavy (non-hydrogen) atoms. The van der Waals surface area contributed by atoms with Crippen LogP contribution in [0.3, 0.4) is 0 Å². The number of hydrogen-bond donors (Lipinski definition) is 0. The lowest BCUT2D eigenvalue weighted by molar-refractivity contribution is -0.132. The predicted molar refractivity (Wildman–Crippen MR) is 124 cm³/mol. The number of fused-ring (bicyclic) bond motifs is 3. The maximum absolute atomic E-state index is 14.8. The molecule has 0 saturated heterocycles. The fourth-order valence-electron chi connectivity index (χ4n) is 5.91. The summed E-state index contributed by atoms with van der Waals surface area (Å²) in [5.41, 5.74) is 3.64. The van der Waals surface area contributed by atoms with Crippen molar-refractivity contribution in [3.05, 3.63) is 70.1 Å². The second-order valence-corrected chi connectivity index (χ2v) is 10.1. The Morgan fingerprint density at radius 3 is 2.62 bits per heavy atom. The second-order valence-electron chi connectivity index (χ2n) is 9.18. The zero-order chi connectivity index (χ0) is 22.6. The quantitative estimate of drug-likeness (QED) is 0.440. The average Bonchev–Trinajstić information content (AvgIpc) is 3.18. The lowest BCUT2D eigenvalue weighted by Gasteiger charge is -2.49. The van der Waals surface area contributed by atoms with Crippen molar-refractivity contribution in [2.24, 2.45) is 17.8 Å². The Hall–Kier alpha value is -2.78. The molecule has 2 aliphatic carbocycles. The van der Waals surface area contributed by atoms with Gasteiger partial charge in [0, 0.05) is 26.9 Å². The van der Waals surface area contributed by atoms with Gasteiger partial charge in [0.05, 0.1) is 23.1 Å². The van der Waals surface area contributed by atoms with Crippen LogP contribution in [0.15, 0.2) is 53.0 Å². The van der Waals surface area contributed by atoms with E-state index in [4.69, 9.17) is 5.10 Å². The van der Waals surface area contributed by atoms with Crippen LogP contribution < -0.4 is 0 Å². The Morgan fingerprint density at radius 2 is 1.94 bits per heavy atom. The third kappa shape index (κ3) is 3.06. The number of benzene rings is 2. The van der Waals surface area contributed by atoms with Gasteiger partial charge in [-0.1, -0.05) is 41.9 Å². The first-order chi connectivity index (χ1) is 15.3. The first kappa shape index (κ1) is 21.1. The fraction of sp³-hybridized carbons (Fsp3) is 0.346. The standard InChI is InChI=1S/C26H23BrFN3O/c1-15-21-12-11-20-23(19-5-3-4-6-22(19)28)30-31(18-9-7-17(27)8-10-18)25(20)26(21,2)13-16(14-29)24(15)32/h3-10,15-16,21H,11-13H2,1-2H3/t15-,16?,21-,26-/m1/s1. The molecule has 4 atom stereocenters. The van der Waals surface area contributed by atoms with Gasteiger partial charge in [0.2, 0.25) is 0 Å². The minimum Gasteiger partial charge on any atom is -0.298 e. The van der Waals surface area contributed by atoms with Crippen LogP contribution in [-0.4, -0.2) is 15.6 Å². The molecular formula is C26H23BrFN3O. The van der Waals surface area contributed by atoms with E-state index in [1.54, 1.807) is 12.1 Å². The van der Waals surface area contributed by atoms with E-state index in [-0.39, 0.29) is 23.4 Å². The maximum atomic E-state index is 14.8. The fourth-order valence-corrected chi connectivity index (χ4v) is 6.17. The van der Waals surface area contributed by atoms with Gasteiger partial charge in [-0.15, -0.1) is 0 Å². The summed E-state index contributed by atoms with van der Waals surface area (Å²) in [6.45, 7) is 4.11. The van der Waals surface area contributed by atoms with Crippen LogP contribution in [0.2, 0.25) is 0 Å². The summed E-state index contributed by atoms with van der Waals surface area (Å²) in [5, 5.41) is 14.7. The van der Waals surface area contributed by atoms with E-state index in [0.29, 0.717) is 17.7 Å². The Bertz CT molecular complexity index is 1260. The number of carbonyl (C=O) groups is 1. The number of nitriles is 1. The largest absolute Gasteiger partial charge is 0.298 e. The molecule has 0 amide bonds. The summed E-state index contributed by atoms with van der Waals surface area (Å²) in [7, 11) is 0. The van der Waals surface area contributed by atoms with Gasteiger partial charge in [0.25, 0.3) is 0 Å². The van der Waals surface area contributed by atoms with E-state index in [1.807, 2.05) is 41.9 Å². The average molecular weight is 492 g/mol. The summed E-state index contributed by atoms with van der Waals surface area (Å²) in [6, 6.07) is 16.9. The lowest BCUT2D eigenvalue weighted by Crippen LogP contribution is -2.51. The van der Waals surface area contributed by atoms with Crippen molar-refractivity contribution in [2.75, 3.05) is 0 Å². The molecule has 3 aromatic rings. The summed E-state index contributed by atoms with van der Waals surface area (Å²) in [4.78, 5) is 12.8. The van der Waals surface area contributed by atoms with Gasteiger partial charge in [0.1, 0.15) is 11.7 Å². The molecule has 1 unspecified atom stereocenters. The highest BCUT2D eigenvalue weighted by Crippen LogP contribution is 2.54. The van der Waals surface area contributed by atoms with Crippen LogP contribution in [0.25, 0.3) is 16.9 Å². The minimum absolute atomic E-state index is 0.0439. The van der Waals surface area contributed by atoms with Gasteiger partial charge >= 0.3 is 0 Å². The van der Waals surface area contributed by atoms with Gasteiger partial charge in [0.15, 0.2) is 5.78 Å². The first-order valence-corrected chi connectivity index (χ1v) is 11.7. The molecule has 0 N–H and O–H groups in total. The molecule has 0 aliphatic heterocycles. The summed E-state index contributed by atoms with van der Waals surface area (Å²) < 4.78 is 17.7. The van der Waals surface area contributed by atoms with Gasteiger partial charge in [-0.25, -0.2) is 9.07 Å². The van der Waals surface area contributed by atoms with E-state index in [1.165, 1.54) is 6.07 Å². The lowest BCUT2D eigenvalue weighted by atomic mass is 9.54. The molecule has 4 nitrogen and oxygen atoms in total. The van der Waals surface area contributed by atoms with Crippen molar-refractivity contribution in [3.8, 4) is 23.0 Å². The second kappa shape index (κ2) is 7.67. The van der Waals surface area contributed by atoms with Crippen LogP contribution in [-0.2, 0) is 16.6 Å². The number of carbonyl (C=O) groups excluding carboxylic acids is 1. The van der Waals surface area contributed by atoms with Crippen LogP contribution >= 0.6 is 15.9 Å². The minimum atomic E-state index is -0.637. The van der Waals surface area contributed by atoms with Gasteiger partial charge < -0.3 is 0 Å². The molecule has 1 fully saturated rings. The van der Waals surface area contributed by atoms with Crippen LogP contribution in [0.1, 0.15) is 37.9 Å². The Balaban J connectivity index is 1.79. The molecule has 1 heterocycles. The van der Waals surface area contributed by atoms with Crippen molar-refractivity contribution in [3.63, 3.8) is 0 Å². The van der Waals surface area contributed by atoms with E-state index in [0.717, 1.165) is 34.3 Å². The maximum Gasteiger partial charge on any atom is 0.153 e. The summed E-state index contributed by atoms with van der Waals surface area (Å²) in [5.74, 6) is -0.974. The monoisotopic (exact) mass is 491 g/mol. The zero-order valence-corrected chi connectivity index (χ0v) is 19.6. The summed E-state index contributed by atoms with van der Waals surface area (Å²) in [6.07, 6.45) is 2.01. The number of nitrogens with zero attached hydrogens (tertiary/aromatic N) is 3. The number of aromatic nitrogens is 2. The number of rotatable bonds is 2. The molecule has 162 valence electrons. The van der Waals surface area contributed by atoms with E-state index in [9.17, 15) is 14.4 Å². The van der Waals surface area contributed by atoms with E-state index in [2.05, 4.69) is 28.9 Å². The normalized spacial score (nSPS) is 26.8. The molecular weight excluding hydrogens is 469 g/mol. The zero-order valence-electron chi connectivity index (χ0n) is 18.0. The Labute approximate surface area is 195 Å². The van der Waals surface area contributed by atoms with Crippen LogP contribution in [0, 0.1) is 34.9 Å². The highest BCUT2D eigenvalue weighted by atomic mass is 79.9. The molecule has 2 aliphatic rings. The van der Waals surface area contributed by atoms with Crippen molar-refractivity contribution in [2.45, 2.75) is 38.5 Å². The summed E-state index contributed by atoms with van der Waals surface area (Å²) >= 11 is 3.49.